The molecule has 1 fully saturated rings. The molecule has 134 valence electrons. The van der Waals surface area contributed by atoms with Crippen molar-refractivity contribution < 1.29 is 4.79 Å². The molecule has 0 radical (unpaired) electrons. The number of rotatable bonds is 4. The van der Waals surface area contributed by atoms with E-state index in [2.05, 4.69) is 5.32 Å². The van der Waals surface area contributed by atoms with Gasteiger partial charge in [0.15, 0.2) is 0 Å². The summed E-state index contributed by atoms with van der Waals surface area (Å²) in [5, 5.41) is 3.16. The predicted octanol–water partition coefficient (Wildman–Crippen LogP) is -0.0881. The van der Waals surface area contributed by atoms with E-state index in [9.17, 15) is 14.4 Å². The maximum absolute atomic E-state index is 12.6. The maximum Gasteiger partial charge on any atom is 0.331 e. The van der Waals surface area contributed by atoms with Gasteiger partial charge in [-0.1, -0.05) is 30.3 Å². The van der Waals surface area contributed by atoms with Crippen LogP contribution in [0.3, 0.4) is 0 Å². The second kappa shape index (κ2) is 8.64. The van der Waals surface area contributed by atoms with E-state index in [1.165, 1.54) is 16.8 Å². The van der Waals surface area contributed by atoms with E-state index in [0.29, 0.717) is 19.6 Å². The molecule has 0 atom stereocenters. The van der Waals surface area contributed by atoms with E-state index < -0.39 is 11.2 Å². The first kappa shape index (κ1) is 19.0. The van der Waals surface area contributed by atoms with Gasteiger partial charge in [-0.25, -0.2) is 4.79 Å². The molecule has 0 unspecified atom stereocenters. The summed E-state index contributed by atoms with van der Waals surface area (Å²) in [4.78, 5) is 38.6. The van der Waals surface area contributed by atoms with E-state index in [1.807, 2.05) is 30.3 Å². The van der Waals surface area contributed by atoms with Crippen molar-refractivity contribution in [1.29, 1.82) is 0 Å². The highest BCUT2D eigenvalue weighted by Crippen LogP contribution is 2.00. The molecule has 0 aliphatic carbocycles. The normalized spacial score (nSPS) is 14.0. The van der Waals surface area contributed by atoms with Crippen molar-refractivity contribution >= 4 is 18.3 Å². The SMILES string of the molecule is Cl.O=C(Cn1c(=O)ccn(Cc2ccccc2)c1=O)N1CCNCC1. The number of carbonyl (C=O) groups excluding carboxylic acids is 1. The Morgan fingerprint density at radius 3 is 2.40 bits per heavy atom. The van der Waals surface area contributed by atoms with Crippen LogP contribution >= 0.6 is 12.4 Å². The van der Waals surface area contributed by atoms with E-state index >= 15 is 0 Å². The summed E-state index contributed by atoms with van der Waals surface area (Å²) in [5.41, 5.74) is 0.0425. The van der Waals surface area contributed by atoms with Gasteiger partial charge in [0, 0.05) is 38.4 Å². The molecule has 1 aliphatic rings. The molecular formula is C17H21ClN4O3. The number of benzene rings is 1. The standard InChI is InChI=1S/C17H20N4O3.ClH/c22-15-6-9-20(12-14-4-2-1-3-5-14)17(24)21(15)13-16(23)19-10-7-18-8-11-19;/h1-6,9,18H,7-8,10-13H2;1H. The molecule has 1 aliphatic heterocycles. The molecule has 2 aromatic rings. The van der Waals surface area contributed by atoms with Crippen LogP contribution in [0.1, 0.15) is 5.56 Å². The third kappa shape index (κ3) is 4.58. The van der Waals surface area contributed by atoms with Crippen LogP contribution < -0.4 is 16.6 Å². The molecule has 1 N–H and O–H groups in total. The molecule has 0 bridgehead atoms. The Labute approximate surface area is 151 Å². The molecule has 1 aromatic heterocycles. The van der Waals surface area contributed by atoms with Gasteiger partial charge in [0.05, 0.1) is 6.54 Å². The first-order valence-electron chi connectivity index (χ1n) is 7.98. The molecular weight excluding hydrogens is 344 g/mol. The lowest BCUT2D eigenvalue weighted by Crippen LogP contribution is -2.50. The summed E-state index contributed by atoms with van der Waals surface area (Å²) in [6.07, 6.45) is 1.48. The van der Waals surface area contributed by atoms with Crippen LogP contribution in [0.15, 0.2) is 52.2 Å². The molecule has 1 amide bonds. The van der Waals surface area contributed by atoms with Gasteiger partial charge < -0.3 is 10.2 Å². The van der Waals surface area contributed by atoms with Crippen LogP contribution in [0.5, 0.6) is 0 Å². The fourth-order valence-electron chi connectivity index (χ4n) is 2.75. The minimum Gasteiger partial charge on any atom is -0.339 e. The summed E-state index contributed by atoms with van der Waals surface area (Å²) in [5.74, 6) is -0.201. The van der Waals surface area contributed by atoms with Gasteiger partial charge in [0.2, 0.25) is 5.91 Å². The Morgan fingerprint density at radius 2 is 1.72 bits per heavy atom. The molecule has 8 heteroatoms. The van der Waals surface area contributed by atoms with Gasteiger partial charge in [0.1, 0.15) is 6.54 Å². The number of halogens is 1. The molecule has 7 nitrogen and oxygen atoms in total. The number of nitrogens with zero attached hydrogens (tertiary/aromatic N) is 3. The Hall–Kier alpha value is -2.38. The van der Waals surface area contributed by atoms with E-state index in [1.54, 1.807) is 4.90 Å². The first-order chi connectivity index (χ1) is 11.6. The highest BCUT2D eigenvalue weighted by molar-refractivity contribution is 5.85. The lowest BCUT2D eigenvalue weighted by atomic mass is 10.2. The molecule has 1 saturated heterocycles. The first-order valence-corrected chi connectivity index (χ1v) is 7.98. The van der Waals surface area contributed by atoms with Crippen molar-refractivity contribution in [2.24, 2.45) is 0 Å². The maximum atomic E-state index is 12.6. The van der Waals surface area contributed by atoms with Crippen molar-refractivity contribution in [2.75, 3.05) is 26.2 Å². The van der Waals surface area contributed by atoms with Crippen molar-refractivity contribution in [3.05, 3.63) is 69.0 Å². The van der Waals surface area contributed by atoms with Crippen LogP contribution in [0.2, 0.25) is 0 Å². The Balaban J connectivity index is 0.00000225. The zero-order valence-electron chi connectivity index (χ0n) is 13.8. The third-order valence-corrected chi connectivity index (χ3v) is 4.10. The zero-order chi connectivity index (χ0) is 16.9. The van der Waals surface area contributed by atoms with Gasteiger partial charge >= 0.3 is 5.69 Å². The van der Waals surface area contributed by atoms with Crippen LogP contribution in [0.25, 0.3) is 0 Å². The topological polar surface area (TPSA) is 76.3 Å². The lowest BCUT2D eigenvalue weighted by molar-refractivity contribution is -0.132. The smallest absolute Gasteiger partial charge is 0.331 e. The van der Waals surface area contributed by atoms with Crippen molar-refractivity contribution in [3.63, 3.8) is 0 Å². The average Bonchev–Trinajstić information content (AvgIpc) is 2.62. The highest BCUT2D eigenvalue weighted by Gasteiger charge is 2.18. The van der Waals surface area contributed by atoms with Gasteiger partial charge in [0.25, 0.3) is 5.56 Å². The van der Waals surface area contributed by atoms with Crippen LogP contribution in [-0.4, -0.2) is 46.1 Å². The molecule has 2 heterocycles. The minimum atomic E-state index is -0.463. The Morgan fingerprint density at radius 1 is 1.04 bits per heavy atom. The molecule has 0 saturated carbocycles. The summed E-state index contributed by atoms with van der Waals surface area (Å²) in [7, 11) is 0. The third-order valence-electron chi connectivity index (χ3n) is 4.10. The monoisotopic (exact) mass is 364 g/mol. The number of piperazine rings is 1. The summed E-state index contributed by atoms with van der Waals surface area (Å²) in [6.45, 7) is 2.80. The van der Waals surface area contributed by atoms with Crippen molar-refractivity contribution in [1.82, 2.24) is 19.4 Å². The van der Waals surface area contributed by atoms with Crippen LogP contribution in [0.4, 0.5) is 0 Å². The van der Waals surface area contributed by atoms with Crippen molar-refractivity contribution in [2.45, 2.75) is 13.1 Å². The number of aromatic nitrogens is 2. The number of hydrogen-bond acceptors (Lipinski definition) is 4. The van der Waals surface area contributed by atoms with E-state index in [0.717, 1.165) is 23.2 Å². The number of carbonyl (C=O) groups is 1. The minimum absolute atomic E-state index is 0. The quantitative estimate of drug-likeness (QED) is 0.822. The van der Waals surface area contributed by atoms with Gasteiger partial charge in [-0.2, -0.15) is 0 Å². The fourth-order valence-corrected chi connectivity index (χ4v) is 2.75. The van der Waals surface area contributed by atoms with Crippen LogP contribution in [0, 0.1) is 0 Å². The number of amides is 1. The second-order valence-electron chi connectivity index (χ2n) is 5.77. The summed E-state index contributed by atoms with van der Waals surface area (Å²) in [6, 6.07) is 10.8. The lowest BCUT2D eigenvalue weighted by Gasteiger charge is -2.27. The van der Waals surface area contributed by atoms with E-state index in [-0.39, 0.29) is 24.9 Å². The van der Waals surface area contributed by atoms with Gasteiger partial charge in [-0.3, -0.25) is 18.7 Å². The van der Waals surface area contributed by atoms with Crippen LogP contribution in [-0.2, 0) is 17.9 Å². The summed E-state index contributed by atoms with van der Waals surface area (Å²) < 4.78 is 2.45. The molecule has 1 aromatic carbocycles. The largest absolute Gasteiger partial charge is 0.339 e. The van der Waals surface area contributed by atoms with Gasteiger partial charge in [-0.15, -0.1) is 12.4 Å². The Kier molecular flexibility index (Phi) is 6.55. The van der Waals surface area contributed by atoms with E-state index in [4.69, 9.17) is 0 Å². The molecule has 3 rings (SSSR count). The average molecular weight is 365 g/mol. The molecule has 25 heavy (non-hydrogen) atoms. The zero-order valence-corrected chi connectivity index (χ0v) is 14.6. The highest BCUT2D eigenvalue weighted by atomic mass is 35.5. The second-order valence-corrected chi connectivity index (χ2v) is 5.77. The predicted molar refractivity (Wildman–Crippen MR) is 97.2 cm³/mol. The Bertz CT molecular complexity index is 826. The fraction of sp³-hybridized carbons (Fsp3) is 0.353. The van der Waals surface area contributed by atoms with Crippen molar-refractivity contribution in [3.8, 4) is 0 Å². The number of hydrogen-bond donors (Lipinski definition) is 1. The molecule has 0 spiro atoms. The number of nitrogens with one attached hydrogen (secondary N) is 1. The summed E-state index contributed by atoms with van der Waals surface area (Å²) >= 11 is 0. The van der Waals surface area contributed by atoms with Gasteiger partial charge in [-0.05, 0) is 5.56 Å².